The molecule has 3 N–H and O–H groups in total. The van der Waals surface area contributed by atoms with Crippen LogP contribution in [-0.4, -0.2) is 53.1 Å². The van der Waals surface area contributed by atoms with Crippen molar-refractivity contribution < 1.29 is 0 Å². The number of thiophene rings is 1. The largest absolute Gasteiger partial charge is 0.362 e. The maximum atomic E-state index is 5.97. The molecule has 1 aromatic carbocycles. The monoisotopic (exact) mass is 473 g/mol. The molecule has 0 radical (unpaired) electrons. The van der Waals surface area contributed by atoms with E-state index in [0.29, 0.717) is 0 Å². The molecule has 4 aromatic rings. The van der Waals surface area contributed by atoms with Gasteiger partial charge in [-0.3, -0.25) is 0 Å². The van der Waals surface area contributed by atoms with Crippen LogP contribution in [-0.2, 0) is 6.54 Å². The van der Waals surface area contributed by atoms with Crippen LogP contribution in [0.3, 0.4) is 0 Å². The fourth-order valence-corrected chi connectivity index (χ4v) is 5.44. The first kappa shape index (κ1) is 22.7. The minimum absolute atomic E-state index is 0.103. The topological polar surface area (TPSA) is 83.2 Å². The van der Waals surface area contributed by atoms with Crippen molar-refractivity contribution in [2.45, 2.75) is 32.5 Å². The summed E-state index contributed by atoms with van der Waals surface area (Å²) in [6.07, 6.45) is 1.84. The number of aromatic nitrogens is 3. The van der Waals surface area contributed by atoms with E-state index in [4.69, 9.17) is 10.7 Å². The second kappa shape index (κ2) is 9.29. The molecule has 0 spiro atoms. The lowest BCUT2D eigenvalue weighted by Gasteiger charge is -2.37. The zero-order valence-corrected chi connectivity index (χ0v) is 20.9. The van der Waals surface area contributed by atoms with Crippen LogP contribution in [0.5, 0.6) is 0 Å². The number of benzene rings is 1. The molecule has 0 aliphatic carbocycles. The average Bonchev–Trinajstić information content (AvgIpc) is 3.27. The van der Waals surface area contributed by atoms with Crippen LogP contribution in [0.25, 0.3) is 21.3 Å². The van der Waals surface area contributed by atoms with Crippen molar-refractivity contribution in [1.29, 1.82) is 0 Å². The predicted molar refractivity (Wildman–Crippen MR) is 141 cm³/mol. The van der Waals surface area contributed by atoms with Crippen molar-refractivity contribution in [3.8, 4) is 10.4 Å². The summed E-state index contributed by atoms with van der Waals surface area (Å²) >= 11 is 1.83. The van der Waals surface area contributed by atoms with Crippen molar-refractivity contribution in [2.24, 2.45) is 5.73 Å². The number of nitrogens with two attached hydrogens (primary N) is 1. The van der Waals surface area contributed by atoms with Crippen molar-refractivity contribution >= 4 is 33.9 Å². The molecule has 1 fully saturated rings. The second-order valence-corrected chi connectivity index (χ2v) is 10.4. The smallest absolute Gasteiger partial charge is 0.138 e. The quantitative estimate of drug-likeness (QED) is 0.410. The Morgan fingerprint density at radius 2 is 1.97 bits per heavy atom. The van der Waals surface area contributed by atoms with Gasteiger partial charge in [-0.1, -0.05) is 24.3 Å². The molecule has 34 heavy (non-hydrogen) atoms. The van der Waals surface area contributed by atoms with Gasteiger partial charge in [0.2, 0.25) is 0 Å². The second-order valence-electron chi connectivity index (χ2n) is 9.31. The Morgan fingerprint density at radius 1 is 1.18 bits per heavy atom. The van der Waals surface area contributed by atoms with Crippen LogP contribution >= 0.6 is 11.3 Å². The molecule has 1 saturated heterocycles. The molecular weight excluding hydrogens is 442 g/mol. The summed E-state index contributed by atoms with van der Waals surface area (Å²) in [6, 6.07) is 15.5. The van der Waals surface area contributed by atoms with Crippen LogP contribution in [0, 0.1) is 6.92 Å². The minimum atomic E-state index is 0.103. The first-order valence-electron chi connectivity index (χ1n) is 11.6. The van der Waals surface area contributed by atoms with E-state index in [1.165, 1.54) is 20.9 Å². The summed E-state index contributed by atoms with van der Waals surface area (Å²) in [4.78, 5) is 20.9. The highest BCUT2D eigenvalue weighted by atomic mass is 32.1. The van der Waals surface area contributed by atoms with Gasteiger partial charge in [-0.15, -0.1) is 11.3 Å². The predicted octanol–water partition coefficient (Wildman–Crippen LogP) is 4.44. The molecule has 3 aromatic heterocycles. The van der Waals surface area contributed by atoms with Crippen LogP contribution in [0.2, 0.25) is 0 Å². The summed E-state index contributed by atoms with van der Waals surface area (Å²) < 4.78 is 0. The first-order valence-corrected chi connectivity index (χ1v) is 12.4. The molecule has 0 saturated carbocycles. The number of pyridine rings is 1. The Morgan fingerprint density at radius 3 is 2.74 bits per heavy atom. The standard InChI is InChI=1S/C26H31N7S/c1-16(23-9-10-24(34-23)20-8-6-5-7-18(20)13-32(3)4)29-26-21-11-25(33-14-19(27)15-33)28-12-22(21)30-17(2)31-26/h5-12,16,19H,13-15,27H2,1-4H3,(H,29,30,31). The molecule has 5 rings (SSSR count). The number of hydrogen-bond acceptors (Lipinski definition) is 8. The molecule has 1 aliphatic heterocycles. The fourth-order valence-electron chi connectivity index (χ4n) is 4.37. The van der Waals surface area contributed by atoms with Gasteiger partial charge in [0.1, 0.15) is 17.5 Å². The molecule has 1 unspecified atom stereocenters. The molecular formula is C26H31N7S. The van der Waals surface area contributed by atoms with E-state index in [1.807, 2.05) is 24.5 Å². The van der Waals surface area contributed by atoms with Gasteiger partial charge in [0.25, 0.3) is 0 Å². The SMILES string of the molecule is Cc1nc(NC(C)c2ccc(-c3ccccc3CN(C)C)s2)c2cc(N3CC(N)C3)ncc2n1. The van der Waals surface area contributed by atoms with E-state index in [0.717, 1.165) is 48.0 Å². The zero-order chi connectivity index (χ0) is 23.8. The highest BCUT2D eigenvalue weighted by molar-refractivity contribution is 7.15. The number of aryl methyl sites for hydroxylation is 1. The number of rotatable bonds is 7. The van der Waals surface area contributed by atoms with E-state index >= 15 is 0 Å². The van der Waals surface area contributed by atoms with E-state index in [1.54, 1.807) is 0 Å². The van der Waals surface area contributed by atoms with Crippen molar-refractivity contribution in [1.82, 2.24) is 19.9 Å². The van der Waals surface area contributed by atoms with Gasteiger partial charge in [0.15, 0.2) is 0 Å². The molecule has 8 heteroatoms. The first-order chi connectivity index (χ1) is 16.4. The summed E-state index contributed by atoms with van der Waals surface area (Å²) in [7, 11) is 4.21. The lowest BCUT2D eigenvalue weighted by atomic mass is 10.1. The average molecular weight is 474 g/mol. The van der Waals surface area contributed by atoms with Crippen molar-refractivity contribution in [3.05, 3.63) is 64.9 Å². The van der Waals surface area contributed by atoms with Gasteiger partial charge in [-0.05, 0) is 57.3 Å². The van der Waals surface area contributed by atoms with Crippen molar-refractivity contribution in [2.75, 3.05) is 37.4 Å². The summed E-state index contributed by atoms with van der Waals surface area (Å²) in [6.45, 7) is 6.68. The van der Waals surface area contributed by atoms with E-state index in [-0.39, 0.29) is 12.1 Å². The highest BCUT2D eigenvalue weighted by Crippen LogP contribution is 2.35. The lowest BCUT2D eigenvalue weighted by molar-refractivity contribution is 0.403. The maximum Gasteiger partial charge on any atom is 0.138 e. The number of fused-ring (bicyclic) bond motifs is 1. The molecule has 1 aliphatic rings. The van der Waals surface area contributed by atoms with Gasteiger partial charge in [0, 0.05) is 40.8 Å². The van der Waals surface area contributed by atoms with Crippen LogP contribution < -0.4 is 16.0 Å². The van der Waals surface area contributed by atoms with Crippen LogP contribution in [0.15, 0.2) is 48.7 Å². The molecule has 0 bridgehead atoms. The number of hydrogen-bond donors (Lipinski definition) is 2. The molecule has 176 valence electrons. The van der Waals surface area contributed by atoms with Gasteiger partial charge < -0.3 is 20.9 Å². The Kier molecular flexibility index (Phi) is 6.20. The Balaban J connectivity index is 1.42. The zero-order valence-electron chi connectivity index (χ0n) is 20.1. The Labute approximate surface area is 204 Å². The molecule has 0 amide bonds. The maximum absolute atomic E-state index is 5.97. The third-order valence-corrected chi connectivity index (χ3v) is 7.39. The highest BCUT2D eigenvalue weighted by Gasteiger charge is 2.25. The summed E-state index contributed by atoms with van der Waals surface area (Å²) in [5.41, 5.74) is 9.45. The number of nitrogens with zero attached hydrogens (tertiary/aromatic N) is 5. The van der Waals surface area contributed by atoms with E-state index < -0.39 is 0 Å². The van der Waals surface area contributed by atoms with Gasteiger partial charge >= 0.3 is 0 Å². The Bertz CT molecular complexity index is 1310. The lowest BCUT2D eigenvalue weighted by Crippen LogP contribution is -2.56. The van der Waals surface area contributed by atoms with Crippen molar-refractivity contribution in [3.63, 3.8) is 0 Å². The Hall–Kier alpha value is -3.07. The van der Waals surface area contributed by atoms with Gasteiger partial charge in [-0.25, -0.2) is 15.0 Å². The van der Waals surface area contributed by atoms with E-state index in [9.17, 15) is 0 Å². The normalized spacial score (nSPS) is 15.1. The molecule has 1 atom stereocenters. The summed E-state index contributed by atoms with van der Waals surface area (Å²) in [5, 5.41) is 4.63. The fraction of sp³-hybridized carbons (Fsp3) is 0.346. The summed E-state index contributed by atoms with van der Waals surface area (Å²) in [5.74, 6) is 2.49. The van der Waals surface area contributed by atoms with Gasteiger partial charge in [-0.2, -0.15) is 0 Å². The molecule has 7 nitrogen and oxygen atoms in total. The van der Waals surface area contributed by atoms with Gasteiger partial charge in [0.05, 0.1) is 17.8 Å². The third-order valence-electron chi connectivity index (χ3n) is 6.09. The minimum Gasteiger partial charge on any atom is -0.362 e. The molecule has 4 heterocycles. The van der Waals surface area contributed by atoms with E-state index in [2.05, 4.69) is 88.6 Å². The van der Waals surface area contributed by atoms with Crippen LogP contribution in [0.4, 0.5) is 11.6 Å². The number of anilines is 2. The van der Waals surface area contributed by atoms with Crippen LogP contribution in [0.1, 0.15) is 29.2 Å². The number of nitrogens with one attached hydrogen (secondary N) is 1. The third kappa shape index (κ3) is 4.61.